The van der Waals surface area contributed by atoms with Crippen molar-refractivity contribution < 1.29 is 19.0 Å². The number of amides is 1. The van der Waals surface area contributed by atoms with E-state index in [1.165, 1.54) is 21.3 Å². The quantitative estimate of drug-likeness (QED) is 0.644. The van der Waals surface area contributed by atoms with Crippen LogP contribution in [0.2, 0.25) is 0 Å². The number of carbonyl (C=O) groups excluding carboxylic acids is 1. The molecule has 1 aromatic heterocycles. The zero-order chi connectivity index (χ0) is 21.8. The van der Waals surface area contributed by atoms with Crippen LogP contribution in [0.5, 0.6) is 17.2 Å². The summed E-state index contributed by atoms with van der Waals surface area (Å²) < 4.78 is 16.1. The summed E-state index contributed by atoms with van der Waals surface area (Å²) in [6.45, 7) is 3.99. The van der Waals surface area contributed by atoms with Crippen LogP contribution in [0.25, 0.3) is 10.9 Å². The number of hydrogen-bond acceptors (Lipinski definition) is 5. The van der Waals surface area contributed by atoms with E-state index in [0.717, 1.165) is 10.9 Å². The lowest BCUT2D eigenvalue weighted by molar-refractivity contribution is 0.0689. The van der Waals surface area contributed by atoms with Crippen LogP contribution in [0.15, 0.2) is 47.3 Å². The molecule has 158 valence electrons. The lowest BCUT2D eigenvalue weighted by atomic mass is 10.1. The Kier molecular flexibility index (Phi) is 6.30. The van der Waals surface area contributed by atoms with Gasteiger partial charge in [-0.25, -0.2) is 0 Å². The monoisotopic (exact) mass is 410 g/mol. The fourth-order valence-corrected chi connectivity index (χ4v) is 3.35. The summed E-state index contributed by atoms with van der Waals surface area (Å²) in [6, 6.07) is 12.5. The topological polar surface area (TPSA) is 80.9 Å². The SMILES string of the molecule is COc1cc(C(=O)N(Cc2cc3ccccc3[nH]c2=O)C(C)C)cc(OC)c1OC. The molecule has 1 N–H and O–H groups in total. The smallest absolute Gasteiger partial charge is 0.254 e. The largest absolute Gasteiger partial charge is 0.493 e. The number of rotatable bonds is 7. The van der Waals surface area contributed by atoms with Crippen LogP contribution >= 0.6 is 0 Å². The molecule has 2 aromatic carbocycles. The predicted octanol–water partition coefficient (Wildman–Crippen LogP) is 3.60. The summed E-state index contributed by atoms with van der Waals surface area (Å²) in [6.07, 6.45) is 0. The molecule has 0 aliphatic carbocycles. The second-order valence-electron chi connectivity index (χ2n) is 7.15. The summed E-state index contributed by atoms with van der Waals surface area (Å²) in [5.74, 6) is 0.968. The number of methoxy groups -OCH3 is 3. The van der Waals surface area contributed by atoms with Crippen LogP contribution in [0, 0.1) is 0 Å². The second kappa shape index (κ2) is 8.90. The first-order chi connectivity index (χ1) is 14.4. The molecule has 3 aromatic rings. The van der Waals surface area contributed by atoms with E-state index in [1.807, 2.05) is 44.2 Å². The molecule has 1 amide bonds. The predicted molar refractivity (Wildman–Crippen MR) is 116 cm³/mol. The summed E-state index contributed by atoms with van der Waals surface area (Å²) in [4.78, 5) is 30.5. The molecule has 3 rings (SSSR count). The molecule has 0 saturated carbocycles. The minimum absolute atomic E-state index is 0.137. The minimum Gasteiger partial charge on any atom is -0.493 e. The van der Waals surface area contributed by atoms with Crippen LogP contribution in [0.1, 0.15) is 29.8 Å². The Hall–Kier alpha value is -3.48. The van der Waals surface area contributed by atoms with Gasteiger partial charge in [0.05, 0.1) is 27.9 Å². The Morgan fingerprint density at radius 1 is 1.00 bits per heavy atom. The molecule has 1 heterocycles. The van der Waals surface area contributed by atoms with Crippen molar-refractivity contribution in [3.05, 3.63) is 63.9 Å². The van der Waals surface area contributed by atoms with Crippen molar-refractivity contribution in [2.75, 3.05) is 21.3 Å². The highest BCUT2D eigenvalue weighted by Gasteiger charge is 2.24. The Morgan fingerprint density at radius 3 is 2.20 bits per heavy atom. The number of hydrogen-bond donors (Lipinski definition) is 1. The normalized spacial score (nSPS) is 10.9. The van der Waals surface area contributed by atoms with Gasteiger partial charge >= 0.3 is 0 Å². The van der Waals surface area contributed by atoms with Gasteiger partial charge in [-0.15, -0.1) is 0 Å². The Balaban J connectivity index is 2.00. The lowest BCUT2D eigenvalue weighted by Gasteiger charge is -2.27. The number of aromatic nitrogens is 1. The van der Waals surface area contributed by atoms with Crippen molar-refractivity contribution in [3.8, 4) is 17.2 Å². The maximum absolute atomic E-state index is 13.4. The second-order valence-corrected chi connectivity index (χ2v) is 7.15. The molecular formula is C23H26N2O5. The molecule has 0 aliphatic rings. The van der Waals surface area contributed by atoms with Crippen LogP contribution in [-0.4, -0.2) is 43.2 Å². The van der Waals surface area contributed by atoms with E-state index in [9.17, 15) is 9.59 Å². The standard InChI is InChI=1S/C23H26N2O5/c1-14(2)25(13-17-10-15-8-6-7-9-18(15)24-22(17)26)23(27)16-11-19(28-3)21(30-5)20(12-16)29-4/h6-12,14H,13H2,1-5H3,(H,24,26). The van der Waals surface area contributed by atoms with E-state index in [-0.39, 0.29) is 24.1 Å². The first kappa shape index (κ1) is 21.2. The van der Waals surface area contributed by atoms with Crippen molar-refractivity contribution >= 4 is 16.8 Å². The molecule has 7 heteroatoms. The number of aromatic amines is 1. The number of carbonyl (C=O) groups is 1. The number of benzene rings is 2. The Labute approximate surface area is 175 Å². The third kappa shape index (κ3) is 4.10. The molecule has 0 saturated heterocycles. The molecule has 7 nitrogen and oxygen atoms in total. The highest BCUT2D eigenvalue weighted by Crippen LogP contribution is 2.38. The number of pyridine rings is 1. The number of ether oxygens (including phenoxy) is 3. The number of H-pyrrole nitrogens is 1. The maximum Gasteiger partial charge on any atom is 0.254 e. The molecule has 0 radical (unpaired) electrons. The lowest BCUT2D eigenvalue weighted by Crippen LogP contribution is -2.38. The van der Waals surface area contributed by atoms with Crippen molar-refractivity contribution in [3.63, 3.8) is 0 Å². The third-order valence-electron chi connectivity index (χ3n) is 4.97. The summed E-state index contributed by atoms with van der Waals surface area (Å²) in [5, 5.41) is 0.913. The molecule has 0 fully saturated rings. The van der Waals surface area contributed by atoms with Crippen LogP contribution in [-0.2, 0) is 6.54 Å². The van der Waals surface area contributed by atoms with Gasteiger partial charge in [-0.3, -0.25) is 9.59 Å². The van der Waals surface area contributed by atoms with Gasteiger partial charge in [-0.1, -0.05) is 18.2 Å². The number of fused-ring (bicyclic) bond motifs is 1. The summed E-state index contributed by atoms with van der Waals surface area (Å²) >= 11 is 0. The fourth-order valence-electron chi connectivity index (χ4n) is 3.35. The van der Waals surface area contributed by atoms with Gasteiger partial charge in [0.1, 0.15) is 0 Å². The van der Waals surface area contributed by atoms with E-state index in [2.05, 4.69) is 4.98 Å². The highest BCUT2D eigenvalue weighted by molar-refractivity contribution is 5.96. The molecule has 0 aliphatic heterocycles. The van der Waals surface area contributed by atoms with Crippen molar-refractivity contribution in [2.45, 2.75) is 26.4 Å². The van der Waals surface area contributed by atoms with Crippen LogP contribution in [0.4, 0.5) is 0 Å². The first-order valence-electron chi connectivity index (χ1n) is 9.61. The van der Waals surface area contributed by atoms with E-state index in [0.29, 0.717) is 28.4 Å². The number of nitrogens with one attached hydrogen (secondary N) is 1. The van der Waals surface area contributed by atoms with Gasteiger partial charge in [-0.05, 0) is 43.5 Å². The van der Waals surface area contributed by atoms with E-state index in [4.69, 9.17) is 14.2 Å². The Bertz CT molecular complexity index is 1100. The fraction of sp³-hybridized carbons (Fsp3) is 0.304. The molecule has 30 heavy (non-hydrogen) atoms. The summed E-state index contributed by atoms with van der Waals surface area (Å²) in [5.41, 5.74) is 1.45. The van der Waals surface area contributed by atoms with E-state index >= 15 is 0 Å². The van der Waals surface area contributed by atoms with Gasteiger partial charge in [0.15, 0.2) is 11.5 Å². The van der Waals surface area contributed by atoms with Crippen LogP contribution < -0.4 is 19.8 Å². The number of nitrogens with zero attached hydrogens (tertiary/aromatic N) is 1. The first-order valence-corrected chi connectivity index (χ1v) is 9.61. The molecule has 0 spiro atoms. The molecule has 0 atom stereocenters. The molecular weight excluding hydrogens is 384 g/mol. The van der Waals surface area contributed by atoms with Gasteiger partial charge in [-0.2, -0.15) is 0 Å². The average Bonchev–Trinajstić information content (AvgIpc) is 2.75. The molecule has 0 bridgehead atoms. The Morgan fingerprint density at radius 2 is 1.63 bits per heavy atom. The molecule has 0 unspecified atom stereocenters. The van der Waals surface area contributed by atoms with Gasteiger partial charge in [0, 0.05) is 22.7 Å². The van der Waals surface area contributed by atoms with Crippen molar-refractivity contribution in [1.82, 2.24) is 9.88 Å². The van der Waals surface area contributed by atoms with Gasteiger partial charge < -0.3 is 24.1 Å². The van der Waals surface area contributed by atoms with Gasteiger partial charge in [0.2, 0.25) is 5.75 Å². The van der Waals surface area contributed by atoms with Crippen LogP contribution in [0.3, 0.4) is 0 Å². The average molecular weight is 410 g/mol. The zero-order valence-electron chi connectivity index (χ0n) is 17.8. The third-order valence-corrected chi connectivity index (χ3v) is 4.97. The zero-order valence-corrected chi connectivity index (χ0v) is 17.8. The van der Waals surface area contributed by atoms with Crippen molar-refractivity contribution in [2.24, 2.45) is 0 Å². The van der Waals surface area contributed by atoms with E-state index < -0.39 is 0 Å². The maximum atomic E-state index is 13.4. The minimum atomic E-state index is -0.239. The number of para-hydroxylation sites is 1. The van der Waals surface area contributed by atoms with E-state index in [1.54, 1.807) is 17.0 Å². The summed E-state index contributed by atoms with van der Waals surface area (Å²) in [7, 11) is 4.51. The highest BCUT2D eigenvalue weighted by atomic mass is 16.5. The van der Waals surface area contributed by atoms with Gasteiger partial charge in [0.25, 0.3) is 11.5 Å². The van der Waals surface area contributed by atoms with Crippen molar-refractivity contribution in [1.29, 1.82) is 0 Å².